The van der Waals surface area contributed by atoms with Gasteiger partial charge in [-0.3, -0.25) is 0 Å². The Morgan fingerprint density at radius 1 is 0.288 bits per heavy atom. The lowest BCUT2D eigenvalue weighted by Gasteiger charge is -2.12. The number of hydrogen-bond acceptors (Lipinski definition) is 3. The van der Waals surface area contributed by atoms with Crippen LogP contribution in [0, 0.1) is 0 Å². The topological polar surface area (TPSA) is 22.8 Å². The number of aromatic nitrogens is 3. The van der Waals surface area contributed by atoms with E-state index in [4.69, 9.17) is 4.98 Å². The van der Waals surface area contributed by atoms with Gasteiger partial charge in [-0.05, 0) is 76.9 Å². The third-order valence-electron chi connectivity index (χ3n) is 13.4. The molecule has 0 aliphatic carbocycles. The zero-order valence-electron chi connectivity index (χ0n) is 35.5. The molecule has 66 heavy (non-hydrogen) atoms. The van der Waals surface area contributed by atoms with Gasteiger partial charge in [-0.2, -0.15) is 0 Å². The fraction of sp³-hybridized carbons (Fsp3) is 0. The van der Waals surface area contributed by atoms with Gasteiger partial charge in [0.2, 0.25) is 0 Å². The van der Waals surface area contributed by atoms with Crippen molar-refractivity contribution >= 4 is 96.7 Å². The molecule has 4 heterocycles. The van der Waals surface area contributed by atoms with Crippen LogP contribution in [0.3, 0.4) is 0 Å². The smallest absolute Gasteiger partial charge is 0.124 e. The van der Waals surface area contributed by atoms with Gasteiger partial charge in [-0.25, -0.2) is 4.98 Å². The van der Waals surface area contributed by atoms with Crippen LogP contribution in [0.4, 0.5) is 0 Å². The summed E-state index contributed by atoms with van der Waals surface area (Å²) >= 11 is 3.65. The minimum Gasteiger partial charge on any atom is -0.309 e. The summed E-state index contributed by atoms with van der Waals surface area (Å²) in [6.45, 7) is 0. The molecule has 0 aliphatic rings. The lowest BCUT2D eigenvalue weighted by atomic mass is 9.98. The van der Waals surface area contributed by atoms with Gasteiger partial charge in [-0.15, -0.1) is 22.7 Å². The molecule has 14 aromatic rings. The van der Waals surface area contributed by atoms with Crippen molar-refractivity contribution in [3.8, 4) is 55.3 Å². The minimum absolute atomic E-state index is 1.01. The first kappa shape index (κ1) is 37.3. The van der Waals surface area contributed by atoms with E-state index in [0.29, 0.717) is 0 Å². The molecule has 0 saturated heterocycles. The fourth-order valence-corrected chi connectivity index (χ4v) is 12.7. The molecule has 0 atom stereocenters. The Labute approximate surface area is 388 Å². The van der Waals surface area contributed by atoms with Gasteiger partial charge in [0.05, 0.1) is 32.3 Å². The molecule has 0 fully saturated rings. The Bertz CT molecular complexity index is 3900. The molecule has 0 unspecified atom stereocenters. The largest absolute Gasteiger partial charge is 0.309 e. The van der Waals surface area contributed by atoms with Gasteiger partial charge in [0.25, 0.3) is 0 Å². The van der Waals surface area contributed by atoms with Crippen molar-refractivity contribution in [3.63, 3.8) is 0 Å². The molecule has 0 saturated carbocycles. The van der Waals surface area contributed by atoms with E-state index < -0.39 is 0 Å². The van der Waals surface area contributed by atoms with Crippen LogP contribution < -0.4 is 0 Å². The quantitative estimate of drug-likeness (QED) is 0.163. The van der Waals surface area contributed by atoms with Crippen molar-refractivity contribution in [2.24, 2.45) is 0 Å². The highest BCUT2D eigenvalue weighted by Crippen LogP contribution is 2.44. The highest BCUT2D eigenvalue weighted by molar-refractivity contribution is 7.26. The van der Waals surface area contributed by atoms with Crippen molar-refractivity contribution in [1.82, 2.24) is 14.1 Å². The van der Waals surface area contributed by atoms with E-state index in [1.807, 2.05) is 11.3 Å². The lowest BCUT2D eigenvalue weighted by Crippen LogP contribution is -1.94. The van der Waals surface area contributed by atoms with E-state index in [2.05, 4.69) is 234 Å². The maximum atomic E-state index is 5.52. The second-order valence-corrected chi connectivity index (χ2v) is 19.1. The van der Waals surface area contributed by atoms with Crippen molar-refractivity contribution in [2.45, 2.75) is 0 Å². The van der Waals surface area contributed by atoms with Gasteiger partial charge in [0.1, 0.15) is 5.01 Å². The molecule has 0 spiro atoms. The van der Waals surface area contributed by atoms with Gasteiger partial charge >= 0.3 is 0 Å². The first-order valence-electron chi connectivity index (χ1n) is 22.4. The van der Waals surface area contributed by atoms with Crippen LogP contribution in [0.5, 0.6) is 0 Å². The summed E-state index contributed by atoms with van der Waals surface area (Å²) in [5.74, 6) is 0. The average molecular weight is 876 g/mol. The molecular formula is C61H37N3S2. The molecule has 5 heteroatoms. The minimum atomic E-state index is 1.01. The Kier molecular flexibility index (Phi) is 8.32. The average Bonchev–Trinajstić information content (AvgIpc) is 4.16. The number of para-hydroxylation sites is 4. The highest BCUT2D eigenvalue weighted by Gasteiger charge is 2.19. The third kappa shape index (κ3) is 5.70. The van der Waals surface area contributed by atoms with Crippen molar-refractivity contribution < 1.29 is 0 Å². The normalized spacial score (nSPS) is 11.9. The van der Waals surface area contributed by atoms with Crippen LogP contribution in [0.25, 0.3) is 129 Å². The van der Waals surface area contributed by atoms with Crippen molar-refractivity contribution in [3.05, 3.63) is 224 Å². The summed E-state index contributed by atoms with van der Waals surface area (Å²) in [6.07, 6.45) is 0. The number of thiophene rings is 1. The van der Waals surface area contributed by atoms with E-state index in [-0.39, 0.29) is 0 Å². The lowest BCUT2D eigenvalue weighted by molar-refractivity contribution is 1.18. The number of hydrogen-bond donors (Lipinski definition) is 0. The predicted molar refractivity (Wildman–Crippen MR) is 283 cm³/mol. The fourth-order valence-electron chi connectivity index (χ4n) is 10.3. The predicted octanol–water partition coefficient (Wildman–Crippen LogP) is 17.5. The van der Waals surface area contributed by atoms with E-state index >= 15 is 0 Å². The van der Waals surface area contributed by atoms with E-state index in [9.17, 15) is 0 Å². The summed E-state index contributed by atoms with van der Waals surface area (Å²) in [7, 11) is 0. The van der Waals surface area contributed by atoms with Gasteiger partial charge < -0.3 is 9.13 Å². The zero-order chi connectivity index (χ0) is 43.3. The van der Waals surface area contributed by atoms with Crippen molar-refractivity contribution in [1.29, 1.82) is 0 Å². The second kappa shape index (κ2) is 14.7. The number of fused-ring (bicyclic) bond motifs is 10. The summed E-state index contributed by atoms with van der Waals surface area (Å²) in [6, 6.07) is 81.9. The van der Waals surface area contributed by atoms with Crippen LogP contribution in [-0.2, 0) is 0 Å². The maximum absolute atomic E-state index is 5.52. The van der Waals surface area contributed by atoms with Crippen LogP contribution in [-0.4, -0.2) is 14.1 Å². The molecule has 0 N–H and O–H groups in total. The summed E-state index contributed by atoms with van der Waals surface area (Å²) in [5.41, 5.74) is 16.3. The molecule has 0 radical (unpaired) electrons. The maximum Gasteiger partial charge on any atom is 0.124 e. The van der Waals surface area contributed by atoms with Gasteiger partial charge in [0, 0.05) is 69.8 Å². The number of nitrogens with zero attached hydrogens (tertiary/aromatic N) is 3. The number of thiazole rings is 1. The summed E-state index contributed by atoms with van der Waals surface area (Å²) in [4.78, 5) is 5.52. The monoisotopic (exact) mass is 875 g/mol. The number of benzene rings is 10. The SMILES string of the molecule is c1ccc2c(c1)sc1c(-c3ccc(-c4nc5c(-c6ccc(-n7c8ccccc8c8ccccc87)cc6)ccc(-c6ccc(-n7c8ccccc8c8ccccc87)cc6)c5s4)cc3)cccc12. The number of rotatable bonds is 6. The van der Waals surface area contributed by atoms with Crippen LogP contribution >= 0.6 is 22.7 Å². The zero-order valence-corrected chi connectivity index (χ0v) is 37.2. The molecule has 0 amide bonds. The molecule has 3 nitrogen and oxygen atoms in total. The van der Waals surface area contributed by atoms with Crippen LogP contribution in [0.15, 0.2) is 224 Å². The molecule has 10 aromatic carbocycles. The highest BCUT2D eigenvalue weighted by atomic mass is 32.1. The summed E-state index contributed by atoms with van der Waals surface area (Å²) in [5, 5.41) is 8.69. The third-order valence-corrected chi connectivity index (χ3v) is 15.8. The summed E-state index contributed by atoms with van der Waals surface area (Å²) < 4.78 is 8.58. The Balaban J connectivity index is 0.891. The second-order valence-electron chi connectivity index (χ2n) is 17.0. The van der Waals surface area contributed by atoms with E-state index in [0.717, 1.165) is 38.6 Å². The van der Waals surface area contributed by atoms with Gasteiger partial charge in [0.15, 0.2) is 0 Å². The molecule has 308 valence electrons. The Hall–Kier alpha value is -8.09. The van der Waals surface area contributed by atoms with E-state index in [1.54, 1.807) is 11.3 Å². The van der Waals surface area contributed by atoms with Gasteiger partial charge in [-0.1, -0.05) is 170 Å². The van der Waals surface area contributed by atoms with Crippen molar-refractivity contribution in [2.75, 3.05) is 0 Å². The molecular weight excluding hydrogens is 839 g/mol. The molecule has 4 aromatic heterocycles. The standard InChI is InChI=1S/C61H37N3S2/c1-6-19-53-47(12-1)48-13-2-7-20-54(48)63(53)42-32-28-38(29-33-42)44-36-37-46(40-30-34-43(35-31-40)64-55-21-8-3-14-49(55)50-15-4-9-22-56(50)64)60-58(44)62-61(66-60)41-26-24-39(25-27-41)45-17-11-18-52-51-16-5-10-23-57(51)65-59(45)52/h1-37H. The Morgan fingerprint density at radius 3 is 1.24 bits per heavy atom. The first-order valence-corrected chi connectivity index (χ1v) is 24.0. The van der Waals surface area contributed by atoms with E-state index in [1.165, 1.54) is 90.7 Å². The van der Waals surface area contributed by atoms with Crippen LogP contribution in [0.2, 0.25) is 0 Å². The molecule has 14 rings (SSSR count). The Morgan fingerprint density at radius 2 is 0.697 bits per heavy atom. The van der Waals surface area contributed by atoms with Crippen LogP contribution in [0.1, 0.15) is 0 Å². The molecule has 0 bridgehead atoms. The molecule has 0 aliphatic heterocycles. The first-order chi connectivity index (χ1) is 32.7.